The molecule has 2 aromatic rings. The number of nitrogens with one attached hydrogen (secondary N) is 2. The topological polar surface area (TPSA) is 97.5 Å². The Morgan fingerprint density at radius 1 is 0.718 bits per heavy atom. The predicted octanol–water partition coefficient (Wildman–Crippen LogP) is 2.34. The number of urea groups is 1. The standard InChI is InChI=1S/C29H38N6O4/c36-27(23-6-2-1-3-7-23)31-25-22-24(28(37)33-12-4-10-30-11-15-33)8-9-26(25)32-13-5-14-34(17-16-32)29(38)35-18-20-39-21-19-35/h1-3,6-9,22,30H,4-5,10-21H2,(H,31,36). The van der Waals surface area contributed by atoms with Gasteiger partial charge in [0.05, 0.1) is 24.6 Å². The Morgan fingerprint density at radius 3 is 2.31 bits per heavy atom. The average molecular weight is 535 g/mol. The highest BCUT2D eigenvalue weighted by atomic mass is 16.5. The molecule has 0 aliphatic carbocycles. The number of ether oxygens (including phenoxy) is 1. The monoisotopic (exact) mass is 534 g/mol. The molecule has 3 aliphatic rings. The Balaban J connectivity index is 1.36. The fourth-order valence-corrected chi connectivity index (χ4v) is 5.36. The minimum absolute atomic E-state index is 0.0291. The first kappa shape index (κ1) is 27.0. The molecule has 0 aromatic heterocycles. The Morgan fingerprint density at radius 2 is 1.49 bits per heavy atom. The molecule has 0 saturated carbocycles. The highest BCUT2D eigenvalue weighted by Crippen LogP contribution is 2.30. The van der Waals surface area contributed by atoms with Crippen molar-refractivity contribution in [3.63, 3.8) is 0 Å². The van der Waals surface area contributed by atoms with Crippen molar-refractivity contribution in [1.82, 2.24) is 20.0 Å². The van der Waals surface area contributed by atoms with Crippen LogP contribution in [0.5, 0.6) is 0 Å². The maximum Gasteiger partial charge on any atom is 0.320 e. The van der Waals surface area contributed by atoms with E-state index in [1.165, 1.54) is 0 Å². The van der Waals surface area contributed by atoms with Crippen LogP contribution >= 0.6 is 0 Å². The maximum atomic E-state index is 13.4. The fraction of sp³-hybridized carbons (Fsp3) is 0.483. The van der Waals surface area contributed by atoms with E-state index in [4.69, 9.17) is 4.74 Å². The third-order valence-electron chi connectivity index (χ3n) is 7.54. The van der Waals surface area contributed by atoms with Gasteiger partial charge in [0.15, 0.2) is 0 Å². The van der Waals surface area contributed by atoms with Gasteiger partial charge in [-0.2, -0.15) is 0 Å². The molecule has 2 N–H and O–H groups in total. The van der Waals surface area contributed by atoms with Gasteiger partial charge in [0.1, 0.15) is 0 Å². The van der Waals surface area contributed by atoms with Gasteiger partial charge >= 0.3 is 6.03 Å². The predicted molar refractivity (Wildman–Crippen MR) is 150 cm³/mol. The lowest BCUT2D eigenvalue weighted by molar-refractivity contribution is 0.0438. The number of rotatable bonds is 4. The second-order valence-corrected chi connectivity index (χ2v) is 10.2. The van der Waals surface area contributed by atoms with Gasteiger partial charge in [-0.3, -0.25) is 9.59 Å². The van der Waals surface area contributed by atoms with Crippen molar-refractivity contribution >= 4 is 29.2 Å². The summed E-state index contributed by atoms with van der Waals surface area (Å²) < 4.78 is 5.40. The molecule has 5 rings (SSSR count). The molecule has 3 aliphatic heterocycles. The normalized spacial score (nSPS) is 18.8. The molecular weight excluding hydrogens is 496 g/mol. The lowest BCUT2D eigenvalue weighted by Crippen LogP contribution is -2.49. The van der Waals surface area contributed by atoms with E-state index in [2.05, 4.69) is 15.5 Å². The molecular formula is C29H38N6O4. The lowest BCUT2D eigenvalue weighted by Gasteiger charge is -2.32. The molecule has 10 nitrogen and oxygen atoms in total. The van der Waals surface area contributed by atoms with Gasteiger partial charge in [0.25, 0.3) is 11.8 Å². The van der Waals surface area contributed by atoms with Crippen molar-refractivity contribution in [3.8, 4) is 0 Å². The van der Waals surface area contributed by atoms with E-state index < -0.39 is 0 Å². The summed E-state index contributed by atoms with van der Waals surface area (Å²) in [4.78, 5) is 47.5. The number of carbonyl (C=O) groups excluding carboxylic acids is 3. The quantitative estimate of drug-likeness (QED) is 0.625. The molecule has 3 saturated heterocycles. The molecule has 3 fully saturated rings. The average Bonchev–Trinajstić information content (AvgIpc) is 3.41. The van der Waals surface area contributed by atoms with E-state index in [1.54, 1.807) is 18.2 Å². The molecule has 0 radical (unpaired) electrons. The Hall–Kier alpha value is -3.63. The summed E-state index contributed by atoms with van der Waals surface area (Å²) in [6.45, 7) is 8.09. The second kappa shape index (κ2) is 12.9. The van der Waals surface area contributed by atoms with E-state index in [-0.39, 0.29) is 17.8 Å². The van der Waals surface area contributed by atoms with E-state index in [0.717, 1.165) is 38.2 Å². The summed E-state index contributed by atoms with van der Waals surface area (Å²) in [5, 5.41) is 6.41. The fourth-order valence-electron chi connectivity index (χ4n) is 5.36. The number of hydrogen-bond donors (Lipinski definition) is 2. The zero-order valence-electron chi connectivity index (χ0n) is 22.4. The highest BCUT2D eigenvalue weighted by Gasteiger charge is 2.27. The summed E-state index contributed by atoms with van der Waals surface area (Å²) in [6.07, 6.45) is 1.72. The summed E-state index contributed by atoms with van der Waals surface area (Å²) in [5.74, 6) is -0.252. The van der Waals surface area contributed by atoms with Crippen LogP contribution < -0.4 is 15.5 Å². The van der Waals surface area contributed by atoms with Crippen LogP contribution in [0.4, 0.5) is 16.2 Å². The highest BCUT2D eigenvalue weighted by molar-refractivity contribution is 6.07. The molecule has 0 atom stereocenters. The van der Waals surface area contributed by atoms with Gasteiger partial charge in [-0.15, -0.1) is 0 Å². The lowest BCUT2D eigenvalue weighted by atomic mass is 10.1. The van der Waals surface area contributed by atoms with Crippen molar-refractivity contribution in [3.05, 3.63) is 59.7 Å². The van der Waals surface area contributed by atoms with Gasteiger partial charge < -0.3 is 35.0 Å². The molecule has 2 aromatic carbocycles. The van der Waals surface area contributed by atoms with Crippen LogP contribution in [0.2, 0.25) is 0 Å². The molecule has 0 spiro atoms. The van der Waals surface area contributed by atoms with E-state index in [0.29, 0.717) is 75.8 Å². The minimum Gasteiger partial charge on any atom is -0.378 e. The van der Waals surface area contributed by atoms with Crippen LogP contribution in [-0.2, 0) is 4.74 Å². The van der Waals surface area contributed by atoms with Crippen molar-refractivity contribution < 1.29 is 19.1 Å². The number of hydrogen-bond acceptors (Lipinski definition) is 6. The number of amides is 4. The van der Waals surface area contributed by atoms with Crippen LogP contribution in [0.3, 0.4) is 0 Å². The smallest absolute Gasteiger partial charge is 0.320 e. The van der Waals surface area contributed by atoms with Crippen molar-refractivity contribution in [2.45, 2.75) is 12.8 Å². The van der Waals surface area contributed by atoms with Crippen LogP contribution in [0.25, 0.3) is 0 Å². The molecule has 0 unspecified atom stereocenters. The third kappa shape index (κ3) is 6.69. The molecule has 39 heavy (non-hydrogen) atoms. The number of carbonyl (C=O) groups is 3. The van der Waals surface area contributed by atoms with Crippen LogP contribution in [0, 0.1) is 0 Å². The Kier molecular flexibility index (Phi) is 8.95. The van der Waals surface area contributed by atoms with Crippen LogP contribution in [0.1, 0.15) is 33.6 Å². The zero-order valence-corrected chi connectivity index (χ0v) is 22.4. The molecule has 3 heterocycles. The van der Waals surface area contributed by atoms with Gasteiger partial charge in [-0.05, 0) is 49.7 Å². The Bertz CT molecular complexity index is 1150. The largest absolute Gasteiger partial charge is 0.378 e. The summed E-state index contributed by atoms with van der Waals surface area (Å²) in [5.41, 5.74) is 2.57. The van der Waals surface area contributed by atoms with E-state index in [9.17, 15) is 14.4 Å². The first-order valence-electron chi connectivity index (χ1n) is 14.0. The molecule has 0 bridgehead atoms. The molecule has 10 heteroatoms. The number of anilines is 2. The van der Waals surface area contributed by atoms with E-state index in [1.807, 2.05) is 45.0 Å². The second-order valence-electron chi connectivity index (χ2n) is 10.2. The van der Waals surface area contributed by atoms with Crippen molar-refractivity contribution in [2.24, 2.45) is 0 Å². The van der Waals surface area contributed by atoms with E-state index >= 15 is 0 Å². The van der Waals surface area contributed by atoms with Crippen LogP contribution in [0.15, 0.2) is 48.5 Å². The summed E-state index contributed by atoms with van der Waals surface area (Å²) in [7, 11) is 0. The van der Waals surface area contributed by atoms with Gasteiger partial charge in [-0.1, -0.05) is 18.2 Å². The number of morpholine rings is 1. The van der Waals surface area contributed by atoms with Gasteiger partial charge in [0.2, 0.25) is 0 Å². The van der Waals surface area contributed by atoms with Gasteiger partial charge in [0, 0.05) is 70.0 Å². The third-order valence-corrected chi connectivity index (χ3v) is 7.54. The number of nitrogens with zero attached hydrogens (tertiary/aromatic N) is 4. The number of benzene rings is 2. The SMILES string of the molecule is O=C(Nc1cc(C(=O)N2CCCNCC2)ccc1N1CCCN(C(=O)N2CCOCC2)CC1)c1ccccc1. The summed E-state index contributed by atoms with van der Waals surface area (Å²) >= 11 is 0. The summed E-state index contributed by atoms with van der Waals surface area (Å²) in [6, 6.07) is 14.7. The molecule has 208 valence electrons. The Labute approximate surface area is 229 Å². The first-order chi connectivity index (χ1) is 19.1. The first-order valence-corrected chi connectivity index (χ1v) is 14.0. The minimum atomic E-state index is -0.223. The van der Waals surface area contributed by atoms with Gasteiger partial charge in [-0.25, -0.2) is 4.79 Å². The van der Waals surface area contributed by atoms with Crippen molar-refractivity contribution in [2.75, 3.05) is 88.9 Å². The zero-order chi connectivity index (χ0) is 27.0. The van der Waals surface area contributed by atoms with Crippen molar-refractivity contribution in [1.29, 1.82) is 0 Å². The van der Waals surface area contributed by atoms with Crippen LogP contribution in [-0.4, -0.2) is 111 Å². The molecule has 4 amide bonds. The maximum absolute atomic E-state index is 13.4.